The minimum Gasteiger partial charge on any atom is -0.501 e. The smallest absolute Gasteiger partial charge is 0.306 e. The van der Waals surface area contributed by atoms with Crippen LogP contribution in [-0.4, -0.2) is 38.2 Å². The molecule has 3 rings (SSSR count). The second kappa shape index (κ2) is 14.2. The van der Waals surface area contributed by atoms with Crippen molar-refractivity contribution in [1.29, 1.82) is 0 Å². The summed E-state index contributed by atoms with van der Waals surface area (Å²) in [6.45, 7) is 6.16. The number of benzene rings is 1. The van der Waals surface area contributed by atoms with Crippen molar-refractivity contribution in [2.24, 2.45) is 5.92 Å². The Morgan fingerprint density at radius 1 is 1.03 bits per heavy atom. The molecule has 4 heteroatoms. The lowest BCUT2D eigenvalue weighted by molar-refractivity contribution is -0.141. The van der Waals surface area contributed by atoms with Crippen molar-refractivity contribution < 1.29 is 14.3 Å². The number of hydrogen-bond donors (Lipinski definition) is 0. The number of hydrogen-bond acceptors (Lipinski definition) is 4. The van der Waals surface area contributed by atoms with E-state index in [9.17, 15) is 4.79 Å². The lowest BCUT2D eigenvalue weighted by atomic mass is 9.67. The fourth-order valence-electron chi connectivity index (χ4n) is 5.83. The van der Waals surface area contributed by atoms with Gasteiger partial charge in [-0.25, -0.2) is 0 Å². The maximum Gasteiger partial charge on any atom is 0.306 e. The summed E-state index contributed by atoms with van der Waals surface area (Å²) in [5.41, 5.74) is 3.65. The van der Waals surface area contributed by atoms with Gasteiger partial charge >= 0.3 is 5.97 Å². The zero-order valence-corrected chi connectivity index (χ0v) is 22.8. The monoisotopic (exact) mass is 491 g/mol. The lowest BCUT2D eigenvalue weighted by Crippen LogP contribution is -2.52. The third-order valence-electron chi connectivity index (χ3n) is 7.66. The van der Waals surface area contributed by atoms with E-state index in [1.807, 2.05) is 0 Å². The number of carbonyl (C=O) groups is 1. The molecule has 2 unspecified atom stereocenters. The quantitative estimate of drug-likeness (QED) is 0.200. The van der Waals surface area contributed by atoms with Crippen LogP contribution in [0.25, 0.3) is 0 Å². The summed E-state index contributed by atoms with van der Waals surface area (Å²) in [5.74, 6) is 1.17. The predicted octanol–water partition coefficient (Wildman–Crippen LogP) is 7.49. The summed E-state index contributed by atoms with van der Waals surface area (Å²) in [7, 11) is 3.24. The molecule has 0 radical (unpaired) electrons. The molecule has 2 atom stereocenters. The van der Waals surface area contributed by atoms with Crippen molar-refractivity contribution >= 4 is 5.97 Å². The number of allylic oxidation sites excluding steroid dienone is 6. The molecule has 0 amide bonds. The molecule has 0 heterocycles. The van der Waals surface area contributed by atoms with Crippen molar-refractivity contribution in [3.8, 4) is 0 Å². The normalized spacial score (nSPS) is 19.2. The second-order valence-electron chi connectivity index (χ2n) is 10.0. The Balaban J connectivity index is 2.18. The van der Waals surface area contributed by atoms with Crippen LogP contribution >= 0.6 is 0 Å². The Morgan fingerprint density at radius 2 is 1.81 bits per heavy atom. The van der Waals surface area contributed by atoms with Gasteiger partial charge in [0, 0.05) is 13.0 Å². The van der Waals surface area contributed by atoms with Gasteiger partial charge < -0.3 is 9.47 Å². The van der Waals surface area contributed by atoms with Crippen LogP contribution in [0, 0.1) is 5.92 Å². The molecule has 2 aliphatic carbocycles. The highest BCUT2D eigenvalue weighted by Crippen LogP contribution is 2.50. The summed E-state index contributed by atoms with van der Waals surface area (Å²) in [6, 6.07) is 10.9. The molecular weight excluding hydrogens is 446 g/mol. The van der Waals surface area contributed by atoms with Crippen molar-refractivity contribution in [1.82, 2.24) is 4.90 Å². The molecular formula is C32H45NO3. The number of rotatable bonds is 14. The largest absolute Gasteiger partial charge is 0.501 e. The summed E-state index contributed by atoms with van der Waals surface area (Å²) < 4.78 is 10.7. The molecule has 4 nitrogen and oxygen atoms in total. The average Bonchev–Trinajstić information content (AvgIpc) is 2.93. The second-order valence-corrected chi connectivity index (χ2v) is 10.0. The van der Waals surface area contributed by atoms with Gasteiger partial charge in [0.2, 0.25) is 0 Å². The molecule has 0 aromatic heterocycles. The van der Waals surface area contributed by atoms with E-state index in [1.54, 1.807) is 7.11 Å². The molecule has 0 N–H and O–H groups in total. The molecule has 0 saturated carbocycles. The van der Waals surface area contributed by atoms with Crippen molar-refractivity contribution in [2.45, 2.75) is 77.2 Å². The third-order valence-corrected chi connectivity index (χ3v) is 7.66. The highest BCUT2D eigenvalue weighted by Gasteiger charge is 2.46. The van der Waals surface area contributed by atoms with Gasteiger partial charge in [-0.05, 0) is 54.5 Å². The van der Waals surface area contributed by atoms with Crippen LogP contribution in [-0.2, 0) is 19.8 Å². The number of unbranched alkanes of at least 4 members (excludes halogenated alkanes) is 4. The molecule has 0 spiro atoms. The average molecular weight is 492 g/mol. The van der Waals surface area contributed by atoms with E-state index in [4.69, 9.17) is 9.47 Å². The molecule has 0 aliphatic heterocycles. The van der Waals surface area contributed by atoms with Crippen LogP contribution in [0.2, 0.25) is 0 Å². The van der Waals surface area contributed by atoms with Crippen LogP contribution in [0.5, 0.6) is 0 Å². The summed E-state index contributed by atoms with van der Waals surface area (Å²) in [4.78, 5) is 15.0. The van der Waals surface area contributed by atoms with Crippen molar-refractivity contribution in [2.75, 3.05) is 27.3 Å². The van der Waals surface area contributed by atoms with E-state index in [2.05, 4.69) is 79.5 Å². The van der Waals surface area contributed by atoms with Gasteiger partial charge in [0.05, 0.1) is 31.9 Å². The number of esters is 1. The number of methoxy groups -OCH3 is 2. The van der Waals surface area contributed by atoms with E-state index in [0.717, 1.165) is 38.0 Å². The van der Waals surface area contributed by atoms with E-state index in [1.165, 1.54) is 49.5 Å². The molecule has 2 aliphatic rings. The van der Waals surface area contributed by atoms with E-state index in [0.29, 0.717) is 18.9 Å². The Kier molecular flexibility index (Phi) is 11.1. The first kappa shape index (κ1) is 28.0. The standard InChI is InChI=1S/C32H45NO3/c1-5-6-7-8-15-23-33(24-22-31(34)36-4)32(27-16-11-9-12-17-27,28-18-13-10-14-19-28)30-21-20-29(35-3)25-26(30)2/h9-13,16-18,20-21,26H,5-8,14-15,19,22-25H2,1-4H3. The molecule has 196 valence electrons. The third kappa shape index (κ3) is 6.59. The summed E-state index contributed by atoms with van der Waals surface area (Å²) in [6.07, 6.45) is 20.6. The molecule has 0 bridgehead atoms. The number of ether oxygens (including phenoxy) is 2. The van der Waals surface area contributed by atoms with Crippen LogP contribution < -0.4 is 0 Å². The number of nitrogens with zero attached hydrogens (tertiary/aromatic N) is 1. The molecule has 1 aromatic carbocycles. The van der Waals surface area contributed by atoms with Crippen LogP contribution in [0.1, 0.15) is 77.2 Å². The number of carbonyl (C=O) groups excluding carboxylic acids is 1. The van der Waals surface area contributed by atoms with Gasteiger partial charge in [0.15, 0.2) is 0 Å². The van der Waals surface area contributed by atoms with Crippen LogP contribution in [0.15, 0.2) is 77.6 Å². The minimum absolute atomic E-state index is 0.155. The Bertz CT molecular complexity index is 959. The molecule has 0 fully saturated rings. The van der Waals surface area contributed by atoms with E-state index in [-0.39, 0.29) is 5.97 Å². The van der Waals surface area contributed by atoms with Gasteiger partial charge in [-0.15, -0.1) is 0 Å². The Labute approximate surface area is 218 Å². The zero-order chi connectivity index (χ0) is 25.8. The maximum atomic E-state index is 12.4. The predicted molar refractivity (Wildman–Crippen MR) is 148 cm³/mol. The SMILES string of the molecule is CCCCCCCN(CCC(=O)OC)C(C1=CC=CCC1)(C1=CC=C(OC)CC1C)c1ccccc1. The highest BCUT2D eigenvalue weighted by molar-refractivity contribution is 5.69. The first-order valence-electron chi connectivity index (χ1n) is 13.8. The van der Waals surface area contributed by atoms with Crippen molar-refractivity contribution in [3.05, 3.63) is 83.2 Å². The van der Waals surface area contributed by atoms with Gasteiger partial charge in [0.1, 0.15) is 0 Å². The fourth-order valence-corrected chi connectivity index (χ4v) is 5.83. The fraction of sp³-hybridized carbons (Fsp3) is 0.531. The summed E-state index contributed by atoms with van der Waals surface area (Å²) in [5, 5.41) is 0. The molecule has 36 heavy (non-hydrogen) atoms. The summed E-state index contributed by atoms with van der Waals surface area (Å²) >= 11 is 0. The first-order valence-corrected chi connectivity index (χ1v) is 13.8. The van der Waals surface area contributed by atoms with Gasteiger partial charge in [0.25, 0.3) is 0 Å². The topological polar surface area (TPSA) is 38.8 Å². The molecule has 1 aromatic rings. The van der Waals surface area contributed by atoms with E-state index < -0.39 is 5.54 Å². The van der Waals surface area contributed by atoms with Gasteiger partial charge in [-0.2, -0.15) is 0 Å². The minimum atomic E-state index is -0.417. The highest BCUT2D eigenvalue weighted by atomic mass is 16.5. The van der Waals surface area contributed by atoms with Crippen LogP contribution in [0.3, 0.4) is 0 Å². The Morgan fingerprint density at radius 3 is 2.44 bits per heavy atom. The lowest BCUT2D eigenvalue weighted by Gasteiger charge is -2.50. The first-order chi connectivity index (χ1) is 17.6. The van der Waals surface area contributed by atoms with Crippen molar-refractivity contribution in [3.63, 3.8) is 0 Å². The van der Waals surface area contributed by atoms with Crippen LogP contribution in [0.4, 0.5) is 0 Å². The maximum absolute atomic E-state index is 12.4. The molecule has 0 saturated heterocycles. The van der Waals surface area contributed by atoms with Gasteiger partial charge in [-0.1, -0.05) is 94.2 Å². The Hall–Kier alpha value is -2.59. The van der Waals surface area contributed by atoms with E-state index >= 15 is 0 Å². The van der Waals surface area contributed by atoms with Gasteiger partial charge in [-0.3, -0.25) is 9.69 Å². The zero-order valence-electron chi connectivity index (χ0n) is 22.8.